The van der Waals surface area contributed by atoms with Crippen LogP contribution in [0.5, 0.6) is 0 Å². The molecule has 0 fully saturated rings. The molecule has 0 unspecified atom stereocenters. The molecule has 4 nitrogen and oxygen atoms in total. The minimum atomic E-state index is 0.864. The van der Waals surface area contributed by atoms with Crippen molar-refractivity contribution in [2.24, 2.45) is 0 Å². The van der Waals surface area contributed by atoms with Gasteiger partial charge in [-0.2, -0.15) is 0 Å². The number of para-hydroxylation sites is 6. The minimum Gasteiger partial charge on any atom is -0.454 e. The Labute approximate surface area is 303 Å². The summed E-state index contributed by atoms with van der Waals surface area (Å²) in [5.74, 6) is 0. The summed E-state index contributed by atoms with van der Waals surface area (Å²) >= 11 is 0. The van der Waals surface area contributed by atoms with Gasteiger partial charge in [0.25, 0.3) is 0 Å². The smallest absolute Gasteiger partial charge is 0.159 e. The van der Waals surface area contributed by atoms with Gasteiger partial charge in [0.05, 0.1) is 5.69 Å². The lowest BCUT2D eigenvalue weighted by Crippen LogP contribution is -2.13. The van der Waals surface area contributed by atoms with Crippen molar-refractivity contribution in [1.82, 2.24) is 0 Å². The number of benzene rings is 8. The number of rotatable bonds is 9. The second-order valence-electron chi connectivity index (χ2n) is 12.6. The van der Waals surface area contributed by atoms with Crippen LogP contribution in [0.3, 0.4) is 0 Å². The molecule has 0 aliphatic carbocycles. The van der Waals surface area contributed by atoms with Crippen LogP contribution in [-0.2, 0) is 0 Å². The van der Waals surface area contributed by atoms with Crippen LogP contribution in [0.1, 0.15) is 0 Å². The molecule has 0 radical (unpaired) electrons. The standard InChI is InChI=1S/C48H35N3O/c1-5-16-36(17-6-1)49(37-18-7-2-8-19-37)40-28-30-41(31-29-40)50(38-20-9-3-10-21-38)42-32-34-43(35-33-42)51(39-22-11-4-12-23-39)46-26-15-25-45-44-24-13-14-27-47(44)52-48(45)46/h1-35H. The zero-order valence-electron chi connectivity index (χ0n) is 28.5. The Bertz CT molecular complexity index is 2510. The van der Waals surface area contributed by atoms with Crippen molar-refractivity contribution >= 4 is 73.1 Å². The van der Waals surface area contributed by atoms with Gasteiger partial charge in [-0.15, -0.1) is 0 Å². The van der Waals surface area contributed by atoms with E-state index in [1.165, 1.54) is 0 Å². The molecule has 0 amide bonds. The molecule has 248 valence electrons. The van der Waals surface area contributed by atoms with Crippen molar-refractivity contribution in [2.75, 3.05) is 14.7 Å². The number of nitrogens with zero attached hydrogens (tertiary/aromatic N) is 3. The number of fused-ring (bicyclic) bond motifs is 3. The maximum Gasteiger partial charge on any atom is 0.159 e. The molecule has 1 heterocycles. The fraction of sp³-hybridized carbons (Fsp3) is 0. The fourth-order valence-corrected chi connectivity index (χ4v) is 7.04. The first kappa shape index (κ1) is 31.0. The average Bonchev–Trinajstić information content (AvgIpc) is 3.61. The molecule has 9 rings (SSSR count). The monoisotopic (exact) mass is 669 g/mol. The molecule has 0 spiro atoms. The van der Waals surface area contributed by atoms with E-state index in [1.54, 1.807) is 0 Å². The van der Waals surface area contributed by atoms with Crippen molar-refractivity contribution < 1.29 is 4.42 Å². The highest BCUT2D eigenvalue weighted by atomic mass is 16.3. The highest BCUT2D eigenvalue weighted by molar-refractivity contribution is 6.10. The predicted octanol–water partition coefficient (Wildman–Crippen LogP) is 14.0. The Morgan fingerprint density at radius 1 is 0.250 bits per heavy atom. The third-order valence-corrected chi connectivity index (χ3v) is 9.41. The molecule has 0 aliphatic rings. The highest BCUT2D eigenvalue weighted by Crippen LogP contribution is 2.44. The number of anilines is 9. The van der Waals surface area contributed by atoms with Gasteiger partial charge in [-0.25, -0.2) is 0 Å². The van der Waals surface area contributed by atoms with Crippen LogP contribution in [0.4, 0.5) is 51.2 Å². The Morgan fingerprint density at radius 2 is 0.577 bits per heavy atom. The van der Waals surface area contributed by atoms with E-state index < -0.39 is 0 Å². The first-order valence-corrected chi connectivity index (χ1v) is 17.5. The van der Waals surface area contributed by atoms with Crippen LogP contribution in [-0.4, -0.2) is 0 Å². The number of hydrogen-bond donors (Lipinski definition) is 0. The predicted molar refractivity (Wildman–Crippen MR) is 218 cm³/mol. The first-order chi connectivity index (χ1) is 25.8. The van der Waals surface area contributed by atoms with Crippen molar-refractivity contribution in [2.45, 2.75) is 0 Å². The summed E-state index contributed by atoms with van der Waals surface area (Å²) in [6, 6.07) is 74.2. The molecule has 0 N–H and O–H groups in total. The molecule has 0 atom stereocenters. The Balaban J connectivity index is 1.12. The SMILES string of the molecule is c1ccc(N(c2ccccc2)c2ccc(N(c3ccccc3)c3ccc(N(c4ccccc4)c4cccc5c4oc4ccccc45)cc3)cc2)cc1. The third-order valence-electron chi connectivity index (χ3n) is 9.41. The molecular weight excluding hydrogens is 635 g/mol. The molecule has 0 aliphatic heterocycles. The van der Waals surface area contributed by atoms with E-state index in [2.05, 4.69) is 215 Å². The van der Waals surface area contributed by atoms with E-state index in [4.69, 9.17) is 4.42 Å². The van der Waals surface area contributed by atoms with Crippen LogP contribution in [0.2, 0.25) is 0 Å². The lowest BCUT2D eigenvalue weighted by Gasteiger charge is -2.29. The van der Waals surface area contributed by atoms with Gasteiger partial charge in [0.15, 0.2) is 5.58 Å². The molecule has 4 heteroatoms. The molecule has 0 saturated heterocycles. The maximum atomic E-state index is 6.51. The van der Waals surface area contributed by atoms with Crippen LogP contribution < -0.4 is 14.7 Å². The molecular formula is C48H35N3O. The van der Waals surface area contributed by atoms with E-state index in [9.17, 15) is 0 Å². The third kappa shape index (κ3) is 5.82. The molecule has 0 bridgehead atoms. The summed E-state index contributed by atoms with van der Waals surface area (Å²) in [5.41, 5.74) is 11.3. The molecule has 8 aromatic carbocycles. The van der Waals surface area contributed by atoms with Crippen molar-refractivity contribution in [3.05, 3.63) is 212 Å². The van der Waals surface area contributed by atoms with Gasteiger partial charge in [-0.05, 0) is 109 Å². The summed E-state index contributed by atoms with van der Waals surface area (Å²) in [5, 5.41) is 2.21. The van der Waals surface area contributed by atoms with E-state index in [0.717, 1.165) is 73.1 Å². The van der Waals surface area contributed by atoms with E-state index >= 15 is 0 Å². The van der Waals surface area contributed by atoms with E-state index in [-0.39, 0.29) is 0 Å². The quantitative estimate of drug-likeness (QED) is 0.153. The van der Waals surface area contributed by atoms with Gasteiger partial charge >= 0.3 is 0 Å². The topological polar surface area (TPSA) is 22.9 Å². The largest absolute Gasteiger partial charge is 0.454 e. The van der Waals surface area contributed by atoms with Crippen LogP contribution in [0.25, 0.3) is 21.9 Å². The summed E-state index contributed by atoms with van der Waals surface area (Å²) in [4.78, 5) is 6.86. The summed E-state index contributed by atoms with van der Waals surface area (Å²) in [6.45, 7) is 0. The second-order valence-corrected chi connectivity index (χ2v) is 12.6. The molecule has 52 heavy (non-hydrogen) atoms. The highest BCUT2D eigenvalue weighted by Gasteiger charge is 2.20. The van der Waals surface area contributed by atoms with Gasteiger partial charge in [-0.1, -0.05) is 103 Å². The normalized spacial score (nSPS) is 11.1. The van der Waals surface area contributed by atoms with Gasteiger partial charge < -0.3 is 19.1 Å². The summed E-state index contributed by atoms with van der Waals surface area (Å²) in [6.07, 6.45) is 0. The lowest BCUT2D eigenvalue weighted by atomic mass is 10.1. The van der Waals surface area contributed by atoms with Gasteiger partial charge in [0.2, 0.25) is 0 Å². The second kappa shape index (κ2) is 13.7. The van der Waals surface area contributed by atoms with Crippen LogP contribution in [0.15, 0.2) is 217 Å². The lowest BCUT2D eigenvalue weighted by molar-refractivity contribution is 0.669. The van der Waals surface area contributed by atoms with Crippen molar-refractivity contribution in [1.29, 1.82) is 0 Å². The number of hydrogen-bond acceptors (Lipinski definition) is 4. The number of furan rings is 1. The van der Waals surface area contributed by atoms with Crippen molar-refractivity contribution in [3.8, 4) is 0 Å². The first-order valence-electron chi connectivity index (χ1n) is 17.5. The van der Waals surface area contributed by atoms with Gasteiger partial charge in [0, 0.05) is 56.3 Å². The Hall–Kier alpha value is -7.04. The van der Waals surface area contributed by atoms with Gasteiger partial charge in [0.1, 0.15) is 5.58 Å². The zero-order chi connectivity index (χ0) is 34.7. The van der Waals surface area contributed by atoms with Crippen LogP contribution >= 0.6 is 0 Å². The Kier molecular flexibility index (Phi) is 8.16. The summed E-state index contributed by atoms with van der Waals surface area (Å²) in [7, 11) is 0. The molecule has 1 aromatic heterocycles. The maximum absolute atomic E-state index is 6.51. The van der Waals surface area contributed by atoms with Gasteiger partial charge in [-0.3, -0.25) is 0 Å². The van der Waals surface area contributed by atoms with Crippen LogP contribution in [0, 0.1) is 0 Å². The minimum absolute atomic E-state index is 0.864. The molecule has 9 aromatic rings. The Morgan fingerprint density at radius 3 is 1.02 bits per heavy atom. The van der Waals surface area contributed by atoms with E-state index in [0.29, 0.717) is 0 Å². The molecule has 0 saturated carbocycles. The van der Waals surface area contributed by atoms with E-state index in [1.807, 2.05) is 12.1 Å². The fourth-order valence-electron chi connectivity index (χ4n) is 7.04. The zero-order valence-corrected chi connectivity index (χ0v) is 28.5. The average molecular weight is 670 g/mol. The summed E-state index contributed by atoms with van der Waals surface area (Å²) < 4.78 is 6.51. The van der Waals surface area contributed by atoms with Crippen molar-refractivity contribution in [3.63, 3.8) is 0 Å².